The van der Waals surface area contributed by atoms with Gasteiger partial charge in [-0.25, -0.2) is 13.5 Å². The summed E-state index contributed by atoms with van der Waals surface area (Å²) in [7, 11) is 0. The Morgan fingerprint density at radius 1 is 1.28 bits per heavy atom. The minimum atomic E-state index is -0.689. The van der Waals surface area contributed by atoms with Crippen LogP contribution < -0.4 is 5.73 Å². The summed E-state index contributed by atoms with van der Waals surface area (Å²) in [5.74, 6) is -1.34. The number of benzene rings is 1. The minimum absolute atomic E-state index is 0.148. The molecule has 96 valence electrons. The topological polar surface area (TPSA) is 56.7 Å². The largest absolute Gasteiger partial charge is 0.330 e. The average molecular weight is 317 g/mol. The number of hydrogen-bond acceptors (Lipinski definition) is 3. The third-order valence-electron chi connectivity index (χ3n) is 2.41. The van der Waals surface area contributed by atoms with Crippen molar-refractivity contribution in [3.05, 3.63) is 40.1 Å². The van der Waals surface area contributed by atoms with Crippen molar-refractivity contribution in [3.63, 3.8) is 0 Å². The van der Waals surface area contributed by atoms with Crippen molar-refractivity contribution in [3.8, 4) is 5.69 Å². The first-order valence-electron chi connectivity index (χ1n) is 5.38. The van der Waals surface area contributed by atoms with E-state index in [1.165, 1.54) is 10.7 Å². The smallest absolute Gasteiger partial charge is 0.151 e. The molecule has 0 aliphatic heterocycles. The molecule has 0 radical (unpaired) electrons. The van der Waals surface area contributed by atoms with Crippen LogP contribution in [0.3, 0.4) is 0 Å². The standard InChI is InChI=1S/C11H11BrF2N4/c12-8-4-11(10(14)5-9(8)13)18-6-7(16-17-18)2-1-3-15/h4-6H,1-3,15H2. The first kappa shape index (κ1) is 13.1. The second-order valence-corrected chi connectivity index (χ2v) is 4.62. The van der Waals surface area contributed by atoms with Crippen molar-refractivity contribution < 1.29 is 8.78 Å². The van der Waals surface area contributed by atoms with Crippen molar-refractivity contribution >= 4 is 15.9 Å². The van der Waals surface area contributed by atoms with E-state index in [0.717, 1.165) is 18.2 Å². The Kier molecular flexibility index (Phi) is 4.03. The van der Waals surface area contributed by atoms with Gasteiger partial charge in [-0.2, -0.15) is 0 Å². The van der Waals surface area contributed by atoms with Gasteiger partial charge in [0.15, 0.2) is 5.82 Å². The molecule has 0 aliphatic carbocycles. The number of aryl methyl sites for hydroxylation is 1. The number of rotatable bonds is 4. The molecule has 1 aromatic carbocycles. The molecular formula is C11H11BrF2N4. The number of nitrogens with zero attached hydrogens (tertiary/aromatic N) is 3. The molecule has 0 saturated carbocycles. The fourth-order valence-electron chi connectivity index (χ4n) is 1.50. The number of aromatic nitrogens is 3. The molecule has 0 unspecified atom stereocenters. The van der Waals surface area contributed by atoms with Crippen LogP contribution in [-0.4, -0.2) is 21.5 Å². The van der Waals surface area contributed by atoms with Gasteiger partial charge >= 0.3 is 0 Å². The summed E-state index contributed by atoms with van der Waals surface area (Å²) in [4.78, 5) is 0. The van der Waals surface area contributed by atoms with Crippen LogP contribution in [0.1, 0.15) is 12.1 Å². The van der Waals surface area contributed by atoms with Gasteiger partial charge in [-0.15, -0.1) is 5.10 Å². The molecule has 2 aromatic rings. The molecule has 18 heavy (non-hydrogen) atoms. The Morgan fingerprint density at radius 3 is 2.78 bits per heavy atom. The van der Waals surface area contributed by atoms with E-state index in [4.69, 9.17) is 5.73 Å². The lowest BCUT2D eigenvalue weighted by Gasteiger charge is -2.03. The lowest BCUT2D eigenvalue weighted by Crippen LogP contribution is -2.00. The molecule has 1 aromatic heterocycles. The van der Waals surface area contributed by atoms with Crippen LogP contribution in [0.4, 0.5) is 8.78 Å². The molecule has 7 heteroatoms. The Morgan fingerprint density at radius 2 is 2.06 bits per heavy atom. The van der Waals surface area contributed by atoms with E-state index in [1.807, 2.05) is 0 Å². The zero-order chi connectivity index (χ0) is 13.1. The van der Waals surface area contributed by atoms with E-state index in [2.05, 4.69) is 26.2 Å². The van der Waals surface area contributed by atoms with E-state index in [1.54, 1.807) is 6.20 Å². The van der Waals surface area contributed by atoms with Gasteiger partial charge in [0, 0.05) is 6.07 Å². The molecule has 0 bridgehead atoms. The Balaban J connectivity index is 2.31. The molecule has 2 N–H and O–H groups in total. The molecule has 0 fully saturated rings. The predicted octanol–water partition coefficient (Wildman–Crippen LogP) is 2.20. The van der Waals surface area contributed by atoms with E-state index in [-0.39, 0.29) is 10.2 Å². The van der Waals surface area contributed by atoms with E-state index >= 15 is 0 Å². The summed E-state index contributed by atoms with van der Waals surface area (Å²) in [5.41, 5.74) is 6.26. The summed E-state index contributed by atoms with van der Waals surface area (Å²) >= 11 is 3.01. The van der Waals surface area contributed by atoms with Gasteiger partial charge < -0.3 is 5.73 Å². The highest BCUT2D eigenvalue weighted by molar-refractivity contribution is 9.10. The molecular weight excluding hydrogens is 306 g/mol. The first-order valence-corrected chi connectivity index (χ1v) is 6.17. The Labute approximate surface area is 111 Å². The van der Waals surface area contributed by atoms with Gasteiger partial charge in [0.25, 0.3) is 0 Å². The summed E-state index contributed by atoms with van der Waals surface area (Å²) < 4.78 is 28.2. The number of hydrogen-bond donors (Lipinski definition) is 1. The fourth-order valence-corrected chi connectivity index (χ4v) is 1.83. The normalized spacial score (nSPS) is 10.9. The van der Waals surface area contributed by atoms with Crippen LogP contribution in [0.2, 0.25) is 0 Å². The molecule has 0 aliphatic rings. The lowest BCUT2D eigenvalue weighted by atomic mass is 10.2. The zero-order valence-electron chi connectivity index (χ0n) is 9.41. The van der Waals surface area contributed by atoms with Gasteiger partial charge in [-0.05, 0) is 41.4 Å². The van der Waals surface area contributed by atoms with Crippen LogP contribution in [-0.2, 0) is 6.42 Å². The van der Waals surface area contributed by atoms with Crippen molar-refractivity contribution in [2.75, 3.05) is 6.54 Å². The highest BCUT2D eigenvalue weighted by Gasteiger charge is 2.11. The molecule has 0 spiro atoms. The second-order valence-electron chi connectivity index (χ2n) is 3.76. The van der Waals surface area contributed by atoms with Crippen LogP contribution in [0.5, 0.6) is 0 Å². The van der Waals surface area contributed by atoms with E-state index in [0.29, 0.717) is 13.0 Å². The molecule has 0 amide bonds. The quantitative estimate of drug-likeness (QED) is 0.880. The molecule has 4 nitrogen and oxygen atoms in total. The predicted molar refractivity (Wildman–Crippen MR) is 66.4 cm³/mol. The molecule has 0 atom stereocenters. The van der Waals surface area contributed by atoms with E-state index in [9.17, 15) is 8.78 Å². The number of halogens is 3. The lowest BCUT2D eigenvalue weighted by molar-refractivity contribution is 0.568. The molecule has 1 heterocycles. The average Bonchev–Trinajstić information content (AvgIpc) is 2.79. The summed E-state index contributed by atoms with van der Waals surface area (Å²) in [6.45, 7) is 0.559. The Bertz CT molecular complexity index is 556. The van der Waals surface area contributed by atoms with Crippen LogP contribution in [0.15, 0.2) is 22.8 Å². The van der Waals surface area contributed by atoms with Crippen molar-refractivity contribution in [1.82, 2.24) is 15.0 Å². The zero-order valence-corrected chi connectivity index (χ0v) is 11.0. The summed E-state index contributed by atoms with van der Waals surface area (Å²) in [6.07, 6.45) is 3.08. The maximum absolute atomic E-state index is 13.6. The van der Waals surface area contributed by atoms with Crippen LogP contribution in [0, 0.1) is 11.6 Å². The monoisotopic (exact) mass is 316 g/mol. The van der Waals surface area contributed by atoms with Gasteiger partial charge in [-0.3, -0.25) is 0 Å². The minimum Gasteiger partial charge on any atom is -0.330 e. The second kappa shape index (κ2) is 5.53. The third kappa shape index (κ3) is 2.73. The Hall–Kier alpha value is -1.34. The highest BCUT2D eigenvalue weighted by Crippen LogP contribution is 2.22. The molecule has 0 saturated heterocycles. The van der Waals surface area contributed by atoms with Crippen molar-refractivity contribution in [1.29, 1.82) is 0 Å². The van der Waals surface area contributed by atoms with Crippen molar-refractivity contribution in [2.45, 2.75) is 12.8 Å². The summed E-state index contributed by atoms with van der Waals surface area (Å²) in [6, 6.07) is 2.13. The number of nitrogens with two attached hydrogens (primary N) is 1. The van der Waals surface area contributed by atoms with Gasteiger partial charge in [0.2, 0.25) is 0 Å². The maximum Gasteiger partial charge on any atom is 0.151 e. The van der Waals surface area contributed by atoms with Gasteiger partial charge in [-0.1, -0.05) is 5.21 Å². The fraction of sp³-hybridized carbons (Fsp3) is 0.273. The van der Waals surface area contributed by atoms with Crippen LogP contribution in [0.25, 0.3) is 5.69 Å². The van der Waals surface area contributed by atoms with Gasteiger partial charge in [0.1, 0.15) is 11.5 Å². The highest BCUT2D eigenvalue weighted by atomic mass is 79.9. The maximum atomic E-state index is 13.6. The summed E-state index contributed by atoms with van der Waals surface area (Å²) in [5, 5.41) is 7.72. The SMILES string of the molecule is NCCCc1cn(-c2cc(Br)c(F)cc2F)nn1. The third-order valence-corrected chi connectivity index (χ3v) is 3.02. The van der Waals surface area contributed by atoms with Gasteiger partial charge in [0.05, 0.1) is 16.4 Å². The van der Waals surface area contributed by atoms with E-state index < -0.39 is 11.6 Å². The first-order chi connectivity index (χ1) is 8.61. The van der Waals surface area contributed by atoms with Crippen molar-refractivity contribution in [2.24, 2.45) is 5.73 Å². The molecule has 2 rings (SSSR count). The van der Waals surface area contributed by atoms with Crippen LogP contribution >= 0.6 is 15.9 Å².